The zero-order chi connectivity index (χ0) is 32.8. The Balaban J connectivity index is 0.000000814. The largest absolute Gasteiger partial charge is 0.396 e. The summed E-state index contributed by atoms with van der Waals surface area (Å²) in [5, 5.41) is 7.81. The number of allylic oxidation sites excluding steroid dienone is 3. The standard InChI is InChI=1S/C29H47FN2O.C4H13N2.C2H4.CH5N/c1-6-8-21-9-10-22-24-12-11-23(20(3)32-33-19-15-27-26(30)14-18-31-27)29(24,5)17-13-25(22)28(21,4)16-7-2;1-5-6(2,3)4;2*1-2/h6,8,22-27,31H,1,7,9-19H2,2-5H3;5H,1-4H3;1-2H2;2H2,1H3/q;+1;;/b21-8-,32-20+;;;. The highest BCUT2D eigenvalue weighted by Gasteiger charge is 2.58. The quantitative estimate of drug-likeness (QED) is 0.0839. The van der Waals surface area contributed by atoms with E-state index in [1.807, 2.05) is 13.1 Å². The zero-order valence-electron chi connectivity index (χ0n) is 29.5. The number of nitrogens with two attached hydrogens (primary N) is 1. The van der Waals surface area contributed by atoms with Crippen LogP contribution in [0.3, 0.4) is 0 Å². The molecule has 0 aromatic rings. The Morgan fingerprint density at radius 1 is 1.14 bits per heavy atom. The zero-order valence-corrected chi connectivity index (χ0v) is 29.5. The molecule has 0 aromatic carbocycles. The first-order chi connectivity index (χ1) is 20.4. The van der Waals surface area contributed by atoms with Crippen LogP contribution in [0, 0.1) is 34.5 Å². The number of hydrogen-bond donors (Lipinski definition) is 3. The first kappa shape index (κ1) is 39.5. The fourth-order valence-electron chi connectivity index (χ4n) is 8.70. The number of quaternary nitrogens is 1. The summed E-state index contributed by atoms with van der Waals surface area (Å²) in [5.74, 6) is 2.94. The number of rotatable bonds is 9. The summed E-state index contributed by atoms with van der Waals surface area (Å²) in [6.45, 7) is 20.9. The maximum Gasteiger partial charge on any atom is 0.118 e. The monoisotopic (exact) mass is 607 g/mol. The lowest BCUT2D eigenvalue weighted by Crippen LogP contribution is -2.50. The molecule has 0 radical (unpaired) electrons. The first-order valence-electron chi connectivity index (χ1n) is 16.9. The molecule has 0 spiro atoms. The van der Waals surface area contributed by atoms with Crippen molar-refractivity contribution in [2.45, 2.75) is 104 Å². The molecule has 43 heavy (non-hydrogen) atoms. The number of hydrogen-bond acceptors (Lipinski definition) is 5. The Kier molecular flexibility index (Phi) is 16.9. The number of nitrogens with one attached hydrogen (secondary N) is 2. The van der Waals surface area contributed by atoms with Gasteiger partial charge in [-0.1, -0.05) is 56.7 Å². The Bertz CT molecular complexity index is 885. The van der Waals surface area contributed by atoms with E-state index in [2.05, 4.69) is 96.3 Å². The summed E-state index contributed by atoms with van der Waals surface area (Å²) in [6, 6.07) is -0.0621. The molecule has 8 unspecified atom stereocenters. The van der Waals surface area contributed by atoms with E-state index in [-0.39, 0.29) is 6.04 Å². The predicted molar refractivity (Wildman–Crippen MR) is 185 cm³/mol. The van der Waals surface area contributed by atoms with Gasteiger partial charge in [0.2, 0.25) is 0 Å². The van der Waals surface area contributed by atoms with Gasteiger partial charge in [-0.2, -0.15) is 5.43 Å². The van der Waals surface area contributed by atoms with Crippen LogP contribution in [0.2, 0.25) is 0 Å². The molecule has 7 heteroatoms. The summed E-state index contributed by atoms with van der Waals surface area (Å²) in [4.78, 5) is 5.72. The molecule has 1 heterocycles. The van der Waals surface area contributed by atoms with Crippen LogP contribution in [0.1, 0.15) is 91.9 Å². The summed E-state index contributed by atoms with van der Waals surface area (Å²) in [7, 11) is 9.64. The normalized spacial score (nSPS) is 36.1. The molecule has 0 aromatic heterocycles. The molecule has 0 bridgehead atoms. The number of alkyl halides is 1. The smallest absolute Gasteiger partial charge is 0.118 e. The summed E-state index contributed by atoms with van der Waals surface area (Å²) >= 11 is 0. The van der Waals surface area contributed by atoms with Crippen LogP contribution in [-0.2, 0) is 4.84 Å². The van der Waals surface area contributed by atoms with Crippen molar-refractivity contribution in [1.29, 1.82) is 0 Å². The highest BCUT2D eigenvalue weighted by Crippen LogP contribution is 2.66. The second kappa shape index (κ2) is 18.4. The highest BCUT2D eigenvalue weighted by atomic mass is 19.1. The lowest BCUT2D eigenvalue weighted by Gasteiger charge is -2.57. The molecular formula is C36H69FN5O+. The molecule has 3 saturated carbocycles. The second-order valence-electron chi connectivity index (χ2n) is 14.1. The molecule has 1 saturated heterocycles. The van der Waals surface area contributed by atoms with E-state index < -0.39 is 6.17 Å². The fourth-order valence-corrected chi connectivity index (χ4v) is 8.70. The van der Waals surface area contributed by atoms with Gasteiger partial charge < -0.3 is 15.9 Å². The summed E-state index contributed by atoms with van der Waals surface area (Å²) in [6.07, 6.45) is 15.2. The van der Waals surface area contributed by atoms with Crippen molar-refractivity contribution in [2.75, 3.05) is 48.4 Å². The molecular weight excluding hydrogens is 537 g/mol. The average Bonchev–Trinajstić information content (AvgIpc) is 3.57. The number of oxime groups is 1. The van der Waals surface area contributed by atoms with E-state index in [0.717, 1.165) is 34.6 Å². The van der Waals surface area contributed by atoms with Gasteiger partial charge in [-0.05, 0) is 100 Å². The van der Waals surface area contributed by atoms with Crippen LogP contribution in [0.15, 0.2) is 42.6 Å². The van der Waals surface area contributed by atoms with Gasteiger partial charge in [-0.25, -0.2) is 4.39 Å². The van der Waals surface area contributed by atoms with E-state index >= 15 is 0 Å². The number of halogens is 1. The van der Waals surface area contributed by atoms with Crippen molar-refractivity contribution < 1.29 is 13.8 Å². The van der Waals surface area contributed by atoms with Crippen molar-refractivity contribution in [1.82, 2.24) is 10.7 Å². The maximum absolute atomic E-state index is 13.8. The number of nitrogens with zero attached hydrogens (tertiary/aromatic N) is 2. The lowest BCUT2D eigenvalue weighted by atomic mass is 9.47. The van der Waals surface area contributed by atoms with Crippen LogP contribution >= 0.6 is 0 Å². The lowest BCUT2D eigenvalue weighted by molar-refractivity contribution is -0.913. The SMILES string of the molecule is C=C.C=C/C=C1/CCC2C(CCC3(C)C(/C(C)=N/OCCC4NCCC4F)CCC23)C1(C)CCC.CN.CN[N+](C)(C)C. The van der Waals surface area contributed by atoms with Gasteiger partial charge in [-0.15, -0.1) is 13.2 Å². The first-order valence-corrected chi connectivity index (χ1v) is 16.9. The van der Waals surface area contributed by atoms with Crippen LogP contribution in [-0.4, -0.2) is 70.9 Å². The van der Waals surface area contributed by atoms with E-state index in [9.17, 15) is 4.39 Å². The third-order valence-corrected chi connectivity index (χ3v) is 11.0. The van der Waals surface area contributed by atoms with Gasteiger partial charge in [-0.3, -0.25) is 4.59 Å². The molecule has 4 N–H and O–H groups in total. The van der Waals surface area contributed by atoms with Crippen LogP contribution in [0.25, 0.3) is 0 Å². The molecule has 4 aliphatic rings. The van der Waals surface area contributed by atoms with Gasteiger partial charge >= 0.3 is 0 Å². The van der Waals surface area contributed by atoms with Gasteiger partial charge in [0.1, 0.15) is 12.8 Å². The Labute approximate surface area is 265 Å². The molecule has 6 nitrogen and oxygen atoms in total. The second-order valence-corrected chi connectivity index (χ2v) is 14.1. The molecule has 4 fully saturated rings. The van der Waals surface area contributed by atoms with E-state index in [1.54, 1.807) is 5.57 Å². The van der Waals surface area contributed by atoms with Gasteiger partial charge in [0.05, 0.1) is 26.9 Å². The molecule has 250 valence electrons. The van der Waals surface area contributed by atoms with Crippen molar-refractivity contribution in [2.24, 2.45) is 45.4 Å². The van der Waals surface area contributed by atoms with Gasteiger partial charge in [0.15, 0.2) is 0 Å². The van der Waals surface area contributed by atoms with Crippen molar-refractivity contribution in [3.63, 3.8) is 0 Å². The number of fused-ring (bicyclic) bond motifs is 3. The molecule has 4 rings (SSSR count). The minimum absolute atomic E-state index is 0.0621. The predicted octanol–water partition coefficient (Wildman–Crippen LogP) is 7.44. The Hall–Kier alpha value is -1.54. The molecule has 8 atom stereocenters. The Morgan fingerprint density at radius 2 is 1.79 bits per heavy atom. The minimum atomic E-state index is -0.737. The van der Waals surface area contributed by atoms with Crippen LogP contribution in [0.4, 0.5) is 4.39 Å². The Morgan fingerprint density at radius 3 is 2.33 bits per heavy atom. The minimum Gasteiger partial charge on any atom is -0.396 e. The van der Waals surface area contributed by atoms with Crippen molar-refractivity contribution >= 4 is 5.71 Å². The van der Waals surface area contributed by atoms with Crippen LogP contribution < -0.4 is 16.5 Å². The van der Waals surface area contributed by atoms with Crippen LogP contribution in [0.5, 0.6) is 0 Å². The molecule has 0 amide bonds. The van der Waals surface area contributed by atoms with E-state index in [0.29, 0.717) is 36.2 Å². The highest BCUT2D eigenvalue weighted by molar-refractivity contribution is 5.85. The van der Waals surface area contributed by atoms with Crippen molar-refractivity contribution in [3.8, 4) is 0 Å². The topological polar surface area (TPSA) is 71.7 Å². The fraction of sp³-hybridized carbons (Fsp3) is 0.806. The third-order valence-electron chi connectivity index (χ3n) is 11.0. The third kappa shape index (κ3) is 9.97. The van der Waals surface area contributed by atoms with Gasteiger partial charge in [0, 0.05) is 25.4 Å². The summed E-state index contributed by atoms with van der Waals surface area (Å²) < 4.78 is 14.6. The van der Waals surface area contributed by atoms with E-state index in [4.69, 9.17) is 4.84 Å². The molecule has 3 aliphatic carbocycles. The average molecular weight is 607 g/mol. The van der Waals surface area contributed by atoms with E-state index in [1.165, 1.54) is 58.4 Å². The summed E-state index contributed by atoms with van der Waals surface area (Å²) in [5.41, 5.74) is 11.0. The van der Waals surface area contributed by atoms with Gasteiger partial charge in [0.25, 0.3) is 0 Å². The van der Waals surface area contributed by atoms with Crippen molar-refractivity contribution in [3.05, 3.63) is 37.5 Å². The molecule has 1 aliphatic heterocycles. The maximum atomic E-state index is 13.8.